The Labute approximate surface area is 157 Å². The van der Waals surface area contributed by atoms with Gasteiger partial charge in [0, 0.05) is 18.5 Å². The third kappa shape index (κ3) is 3.67. The first kappa shape index (κ1) is 17.2. The van der Waals surface area contributed by atoms with Gasteiger partial charge in [0.2, 0.25) is 0 Å². The maximum Gasteiger partial charge on any atom is 0.335 e. The first-order valence-corrected chi connectivity index (χ1v) is 9.07. The molecule has 136 valence electrons. The number of pyridine rings is 1. The van der Waals surface area contributed by atoms with Gasteiger partial charge in [0.1, 0.15) is 5.69 Å². The maximum absolute atomic E-state index is 12.8. The highest BCUT2D eigenvalue weighted by Crippen LogP contribution is 2.23. The van der Waals surface area contributed by atoms with Crippen LogP contribution in [0.3, 0.4) is 0 Å². The van der Waals surface area contributed by atoms with E-state index in [-0.39, 0.29) is 5.91 Å². The number of carboxylic acids is 1. The van der Waals surface area contributed by atoms with Gasteiger partial charge in [-0.2, -0.15) is 0 Å². The minimum atomic E-state index is -0.915. The summed E-state index contributed by atoms with van der Waals surface area (Å²) in [6.07, 6.45) is 1.79. The summed E-state index contributed by atoms with van der Waals surface area (Å²) in [6.45, 7) is 1.43. The van der Waals surface area contributed by atoms with Crippen LogP contribution in [-0.2, 0) is 6.42 Å². The Hall–Kier alpha value is -3.21. The fraction of sp³-hybridized carbons (Fsp3) is 0.227. The summed E-state index contributed by atoms with van der Waals surface area (Å²) in [5.74, 6) is -0.559. The van der Waals surface area contributed by atoms with Crippen LogP contribution < -0.4 is 0 Å². The molecule has 5 heteroatoms. The number of carbonyl (C=O) groups is 2. The van der Waals surface area contributed by atoms with E-state index in [1.54, 1.807) is 18.2 Å². The average Bonchev–Trinajstić information content (AvgIpc) is 3.16. The van der Waals surface area contributed by atoms with Gasteiger partial charge in [-0.25, -0.2) is 9.78 Å². The third-order valence-corrected chi connectivity index (χ3v) is 5.12. The summed E-state index contributed by atoms with van der Waals surface area (Å²) in [5, 5.41) is 10.0. The topological polar surface area (TPSA) is 70.5 Å². The SMILES string of the molecule is O=C(O)c1ccc(CC2CCN(C(=O)c3ccc4ccccc4n3)C2)cc1. The van der Waals surface area contributed by atoms with E-state index in [0.717, 1.165) is 35.9 Å². The monoisotopic (exact) mass is 360 g/mol. The van der Waals surface area contributed by atoms with Crippen LogP contribution in [-0.4, -0.2) is 40.0 Å². The number of aromatic nitrogens is 1. The van der Waals surface area contributed by atoms with Crippen LogP contribution in [0.1, 0.15) is 32.8 Å². The Balaban J connectivity index is 1.42. The standard InChI is InChI=1S/C22H20N2O3/c25-21(20-10-9-17-3-1-2-4-19(17)23-20)24-12-11-16(14-24)13-15-5-7-18(8-6-15)22(26)27/h1-10,16H,11-14H2,(H,26,27). The molecule has 0 saturated carbocycles. The van der Waals surface area contributed by atoms with Crippen LogP contribution in [0.15, 0.2) is 60.7 Å². The van der Waals surface area contributed by atoms with Crippen molar-refractivity contribution in [3.8, 4) is 0 Å². The quantitative estimate of drug-likeness (QED) is 0.771. The Morgan fingerprint density at radius 3 is 2.59 bits per heavy atom. The molecule has 27 heavy (non-hydrogen) atoms. The zero-order valence-electron chi connectivity index (χ0n) is 14.8. The molecule has 5 nitrogen and oxygen atoms in total. The summed E-state index contributed by atoms with van der Waals surface area (Å²) in [6, 6.07) is 18.5. The second-order valence-electron chi connectivity index (χ2n) is 7.00. The number of carbonyl (C=O) groups excluding carboxylic acids is 1. The molecular formula is C22H20N2O3. The Bertz CT molecular complexity index is 998. The molecule has 3 aromatic rings. The molecule has 0 radical (unpaired) electrons. The van der Waals surface area contributed by atoms with Crippen LogP contribution in [0.4, 0.5) is 0 Å². The zero-order valence-corrected chi connectivity index (χ0v) is 14.8. The van der Waals surface area contributed by atoms with Gasteiger partial charge in [-0.15, -0.1) is 0 Å². The van der Waals surface area contributed by atoms with E-state index in [4.69, 9.17) is 5.11 Å². The lowest BCUT2D eigenvalue weighted by atomic mass is 9.98. The molecule has 0 aliphatic carbocycles. The summed E-state index contributed by atoms with van der Waals surface area (Å²) in [7, 11) is 0. The van der Waals surface area contributed by atoms with Gasteiger partial charge >= 0.3 is 5.97 Å². The molecule has 4 rings (SSSR count). The fourth-order valence-corrected chi connectivity index (χ4v) is 3.65. The van der Waals surface area contributed by atoms with Crippen molar-refractivity contribution in [3.05, 3.63) is 77.5 Å². The van der Waals surface area contributed by atoms with Gasteiger partial charge in [0.15, 0.2) is 0 Å². The molecule has 1 unspecified atom stereocenters. The molecule has 1 atom stereocenters. The van der Waals surface area contributed by atoms with E-state index in [1.165, 1.54) is 0 Å². The molecule has 1 amide bonds. The second-order valence-corrected chi connectivity index (χ2v) is 7.00. The van der Waals surface area contributed by atoms with Crippen molar-refractivity contribution in [2.75, 3.05) is 13.1 Å². The van der Waals surface area contributed by atoms with Gasteiger partial charge < -0.3 is 10.0 Å². The van der Waals surface area contributed by atoms with E-state index in [2.05, 4.69) is 4.98 Å². The summed E-state index contributed by atoms with van der Waals surface area (Å²) < 4.78 is 0. The average molecular weight is 360 g/mol. The number of hydrogen-bond donors (Lipinski definition) is 1. The predicted molar refractivity (Wildman–Crippen MR) is 103 cm³/mol. The van der Waals surface area contributed by atoms with E-state index >= 15 is 0 Å². The van der Waals surface area contributed by atoms with Crippen LogP contribution in [0, 0.1) is 5.92 Å². The highest BCUT2D eigenvalue weighted by Gasteiger charge is 2.27. The molecule has 1 saturated heterocycles. The van der Waals surface area contributed by atoms with Crippen molar-refractivity contribution >= 4 is 22.8 Å². The van der Waals surface area contributed by atoms with Crippen molar-refractivity contribution in [2.24, 2.45) is 5.92 Å². The molecule has 1 aliphatic rings. The molecule has 2 heterocycles. The second kappa shape index (κ2) is 7.19. The van der Waals surface area contributed by atoms with Crippen molar-refractivity contribution in [1.29, 1.82) is 0 Å². The van der Waals surface area contributed by atoms with E-state index in [1.807, 2.05) is 47.4 Å². The highest BCUT2D eigenvalue weighted by atomic mass is 16.4. The first-order valence-electron chi connectivity index (χ1n) is 9.07. The van der Waals surface area contributed by atoms with E-state index in [9.17, 15) is 9.59 Å². The van der Waals surface area contributed by atoms with Gasteiger partial charge in [0.25, 0.3) is 5.91 Å². The van der Waals surface area contributed by atoms with Crippen LogP contribution in [0.5, 0.6) is 0 Å². The number of nitrogens with zero attached hydrogens (tertiary/aromatic N) is 2. The molecule has 1 fully saturated rings. The highest BCUT2D eigenvalue weighted by molar-refractivity contribution is 5.95. The number of rotatable bonds is 4. The molecular weight excluding hydrogens is 340 g/mol. The number of amides is 1. The van der Waals surface area contributed by atoms with Crippen molar-refractivity contribution in [1.82, 2.24) is 9.88 Å². The zero-order chi connectivity index (χ0) is 18.8. The Morgan fingerprint density at radius 1 is 1.04 bits per heavy atom. The lowest BCUT2D eigenvalue weighted by Gasteiger charge is -2.16. The normalized spacial score (nSPS) is 16.6. The minimum absolute atomic E-state index is 0.0236. The largest absolute Gasteiger partial charge is 0.478 e. The molecule has 0 bridgehead atoms. The fourth-order valence-electron chi connectivity index (χ4n) is 3.65. The lowest BCUT2D eigenvalue weighted by Crippen LogP contribution is -2.29. The number of fused-ring (bicyclic) bond motifs is 1. The Morgan fingerprint density at radius 2 is 1.81 bits per heavy atom. The summed E-state index contributed by atoms with van der Waals surface area (Å²) in [4.78, 5) is 30.1. The van der Waals surface area contributed by atoms with Crippen LogP contribution in [0.25, 0.3) is 10.9 Å². The third-order valence-electron chi connectivity index (χ3n) is 5.12. The van der Waals surface area contributed by atoms with Gasteiger partial charge in [0.05, 0.1) is 11.1 Å². The van der Waals surface area contributed by atoms with Crippen LogP contribution >= 0.6 is 0 Å². The Kier molecular flexibility index (Phi) is 4.59. The number of carboxylic acid groups (broad SMARTS) is 1. The van der Waals surface area contributed by atoms with Crippen LogP contribution in [0.2, 0.25) is 0 Å². The first-order chi connectivity index (χ1) is 13.1. The van der Waals surface area contributed by atoms with E-state index < -0.39 is 5.97 Å². The van der Waals surface area contributed by atoms with Crippen molar-refractivity contribution in [3.63, 3.8) is 0 Å². The van der Waals surface area contributed by atoms with E-state index in [0.29, 0.717) is 23.7 Å². The molecule has 1 N–H and O–H groups in total. The predicted octanol–water partition coefficient (Wildman–Crippen LogP) is 3.64. The molecule has 1 aromatic heterocycles. The smallest absolute Gasteiger partial charge is 0.335 e. The number of para-hydroxylation sites is 1. The van der Waals surface area contributed by atoms with Crippen molar-refractivity contribution in [2.45, 2.75) is 12.8 Å². The number of aromatic carboxylic acids is 1. The van der Waals surface area contributed by atoms with Gasteiger partial charge in [-0.1, -0.05) is 36.4 Å². The number of benzene rings is 2. The lowest BCUT2D eigenvalue weighted by molar-refractivity contribution is 0.0696. The number of likely N-dealkylation sites (tertiary alicyclic amines) is 1. The summed E-state index contributed by atoms with van der Waals surface area (Å²) >= 11 is 0. The minimum Gasteiger partial charge on any atom is -0.478 e. The number of hydrogen-bond acceptors (Lipinski definition) is 3. The van der Waals surface area contributed by atoms with Gasteiger partial charge in [-0.3, -0.25) is 4.79 Å². The molecule has 2 aromatic carbocycles. The van der Waals surface area contributed by atoms with Crippen molar-refractivity contribution < 1.29 is 14.7 Å². The molecule has 1 aliphatic heterocycles. The van der Waals surface area contributed by atoms with Gasteiger partial charge in [-0.05, 0) is 48.6 Å². The molecule has 0 spiro atoms. The summed E-state index contributed by atoms with van der Waals surface area (Å²) in [5.41, 5.74) is 2.71. The maximum atomic E-state index is 12.8.